The summed E-state index contributed by atoms with van der Waals surface area (Å²) in [5, 5.41) is 13.4. The van der Waals surface area contributed by atoms with Gasteiger partial charge >= 0.3 is 12.1 Å². The van der Waals surface area contributed by atoms with Crippen molar-refractivity contribution in [2.75, 3.05) is 17.2 Å². The van der Waals surface area contributed by atoms with Gasteiger partial charge in [-0.15, -0.1) is 0 Å². The lowest BCUT2D eigenvalue weighted by molar-refractivity contribution is -0.118. The summed E-state index contributed by atoms with van der Waals surface area (Å²) in [7, 11) is 0. The molecule has 0 bridgehead atoms. The third-order valence-electron chi connectivity index (χ3n) is 4.29. The van der Waals surface area contributed by atoms with Crippen molar-refractivity contribution in [1.82, 2.24) is 16.0 Å². The predicted octanol–water partition coefficient (Wildman–Crippen LogP) is 3.57. The summed E-state index contributed by atoms with van der Waals surface area (Å²) in [5.41, 5.74) is 1.76. The van der Waals surface area contributed by atoms with Gasteiger partial charge in [0.15, 0.2) is 0 Å². The average molecular weight is 429 g/mol. The molecule has 9 heteroatoms. The Hall–Kier alpha value is -3.62. The van der Waals surface area contributed by atoms with Crippen LogP contribution < -0.4 is 26.6 Å². The van der Waals surface area contributed by atoms with Crippen molar-refractivity contribution >= 4 is 29.3 Å². The molecular weight excluding hydrogens is 401 g/mol. The first-order valence-electron chi connectivity index (χ1n) is 10.2. The first-order chi connectivity index (χ1) is 14.9. The maximum absolute atomic E-state index is 13.0. The zero-order valence-electron chi connectivity index (χ0n) is 17.6. The Bertz CT molecular complexity index is 889. The number of rotatable bonds is 9. The van der Waals surface area contributed by atoms with E-state index in [1.807, 2.05) is 13.8 Å². The van der Waals surface area contributed by atoms with Gasteiger partial charge in [-0.2, -0.15) is 0 Å². The van der Waals surface area contributed by atoms with Crippen LogP contribution >= 0.6 is 0 Å². The van der Waals surface area contributed by atoms with Gasteiger partial charge in [-0.3, -0.25) is 4.79 Å². The van der Waals surface area contributed by atoms with Gasteiger partial charge < -0.3 is 26.6 Å². The van der Waals surface area contributed by atoms with E-state index in [1.54, 1.807) is 36.4 Å². The molecule has 0 aliphatic heterocycles. The van der Waals surface area contributed by atoms with Crippen LogP contribution in [0.4, 0.5) is 25.4 Å². The quantitative estimate of drug-likeness (QED) is 0.420. The molecule has 2 rings (SSSR count). The van der Waals surface area contributed by atoms with Gasteiger partial charge in [0.2, 0.25) is 5.91 Å². The third kappa shape index (κ3) is 8.33. The summed E-state index contributed by atoms with van der Waals surface area (Å²) in [4.78, 5) is 36.6. The Kier molecular flexibility index (Phi) is 9.28. The van der Waals surface area contributed by atoms with Crippen LogP contribution in [0.25, 0.3) is 0 Å². The number of carbonyl (C=O) groups is 3. The van der Waals surface area contributed by atoms with Crippen molar-refractivity contribution in [2.45, 2.75) is 39.3 Å². The van der Waals surface area contributed by atoms with Crippen LogP contribution in [-0.4, -0.2) is 30.6 Å². The van der Waals surface area contributed by atoms with Crippen molar-refractivity contribution in [2.24, 2.45) is 0 Å². The van der Waals surface area contributed by atoms with Crippen LogP contribution in [0.1, 0.15) is 32.3 Å². The summed E-state index contributed by atoms with van der Waals surface area (Å²) < 4.78 is 13.0. The smallest absolute Gasteiger partial charge is 0.319 e. The van der Waals surface area contributed by atoms with E-state index < -0.39 is 12.1 Å². The van der Waals surface area contributed by atoms with Crippen LogP contribution in [0.3, 0.4) is 0 Å². The van der Waals surface area contributed by atoms with Crippen molar-refractivity contribution in [3.8, 4) is 0 Å². The fourth-order valence-electron chi connectivity index (χ4n) is 2.79. The molecule has 2 aromatic rings. The van der Waals surface area contributed by atoms with Crippen molar-refractivity contribution in [3.05, 3.63) is 59.9 Å². The van der Waals surface area contributed by atoms with E-state index in [0.29, 0.717) is 30.8 Å². The summed E-state index contributed by atoms with van der Waals surface area (Å²) in [6.45, 7) is 4.43. The van der Waals surface area contributed by atoms with Gasteiger partial charge in [-0.1, -0.05) is 31.5 Å². The first kappa shape index (κ1) is 23.7. The molecule has 1 unspecified atom stereocenters. The molecule has 0 aromatic heterocycles. The van der Waals surface area contributed by atoms with Gasteiger partial charge in [-0.05, 0) is 49.2 Å². The molecular formula is C22H28FN5O3. The Labute approximate surface area is 181 Å². The standard InChI is InChI=1S/C22H28FN5O3/c1-3-6-19(28-22(31)25-14-15-9-11-16(23)12-10-15)20(29)26-17-7-5-8-18(13-17)27-21(30)24-4-2/h5,7-13,19H,3-4,6,14H2,1-2H3,(H,26,29)(H2,24,27,30)(H2,25,28,31). The SMILES string of the molecule is CCCC(NC(=O)NCc1ccc(F)cc1)C(=O)Nc1cccc(NC(=O)NCC)c1. The molecule has 0 saturated carbocycles. The molecule has 0 aliphatic carbocycles. The lowest BCUT2D eigenvalue weighted by Gasteiger charge is -2.18. The van der Waals surface area contributed by atoms with Crippen LogP contribution in [0, 0.1) is 5.82 Å². The Morgan fingerprint density at radius 3 is 2.23 bits per heavy atom. The number of nitrogens with one attached hydrogen (secondary N) is 5. The minimum Gasteiger partial charge on any atom is -0.338 e. The van der Waals surface area contributed by atoms with Gasteiger partial charge in [0.25, 0.3) is 0 Å². The fourth-order valence-corrected chi connectivity index (χ4v) is 2.79. The highest BCUT2D eigenvalue weighted by Gasteiger charge is 2.20. The number of anilines is 2. The Balaban J connectivity index is 1.92. The van der Waals surface area contributed by atoms with E-state index in [2.05, 4.69) is 26.6 Å². The topological polar surface area (TPSA) is 111 Å². The van der Waals surface area contributed by atoms with E-state index in [0.717, 1.165) is 5.56 Å². The monoisotopic (exact) mass is 429 g/mol. The molecule has 0 fully saturated rings. The molecule has 0 spiro atoms. The van der Waals surface area contributed by atoms with Crippen LogP contribution in [0.2, 0.25) is 0 Å². The summed E-state index contributed by atoms with van der Waals surface area (Å²) in [6.07, 6.45) is 1.14. The third-order valence-corrected chi connectivity index (χ3v) is 4.29. The first-order valence-corrected chi connectivity index (χ1v) is 10.2. The lowest BCUT2D eigenvalue weighted by atomic mass is 10.1. The summed E-state index contributed by atoms with van der Waals surface area (Å²) in [6, 6.07) is 10.9. The van der Waals surface area contributed by atoms with Crippen molar-refractivity contribution < 1.29 is 18.8 Å². The normalized spacial score (nSPS) is 11.2. The average Bonchev–Trinajstić information content (AvgIpc) is 2.73. The minimum atomic E-state index is -0.738. The second-order valence-corrected chi connectivity index (χ2v) is 6.85. The molecule has 0 heterocycles. The zero-order chi connectivity index (χ0) is 22.6. The molecule has 31 heavy (non-hydrogen) atoms. The van der Waals surface area contributed by atoms with Crippen molar-refractivity contribution in [3.63, 3.8) is 0 Å². The van der Waals surface area contributed by atoms with E-state index in [-0.39, 0.29) is 24.3 Å². The van der Waals surface area contributed by atoms with E-state index in [4.69, 9.17) is 0 Å². The summed E-state index contributed by atoms with van der Waals surface area (Å²) in [5.74, 6) is -0.716. The number of urea groups is 2. The number of benzene rings is 2. The highest BCUT2D eigenvalue weighted by molar-refractivity contribution is 5.98. The van der Waals surface area contributed by atoms with Gasteiger partial charge in [0.1, 0.15) is 11.9 Å². The highest BCUT2D eigenvalue weighted by Crippen LogP contribution is 2.16. The van der Waals surface area contributed by atoms with Crippen LogP contribution in [0.5, 0.6) is 0 Å². The van der Waals surface area contributed by atoms with Crippen LogP contribution in [-0.2, 0) is 11.3 Å². The number of hydrogen-bond acceptors (Lipinski definition) is 3. The number of halogens is 1. The molecule has 5 amide bonds. The second kappa shape index (κ2) is 12.2. The maximum Gasteiger partial charge on any atom is 0.319 e. The van der Waals surface area contributed by atoms with Crippen LogP contribution in [0.15, 0.2) is 48.5 Å². The zero-order valence-corrected chi connectivity index (χ0v) is 17.6. The summed E-state index contributed by atoms with van der Waals surface area (Å²) >= 11 is 0. The predicted molar refractivity (Wildman–Crippen MR) is 118 cm³/mol. The largest absolute Gasteiger partial charge is 0.338 e. The molecule has 5 N–H and O–H groups in total. The number of carbonyl (C=O) groups excluding carboxylic acids is 3. The molecule has 0 radical (unpaired) electrons. The van der Waals surface area contributed by atoms with E-state index >= 15 is 0 Å². The van der Waals surface area contributed by atoms with Crippen molar-refractivity contribution in [1.29, 1.82) is 0 Å². The van der Waals surface area contributed by atoms with Gasteiger partial charge in [-0.25, -0.2) is 14.0 Å². The molecule has 1 atom stereocenters. The lowest BCUT2D eigenvalue weighted by Crippen LogP contribution is -2.47. The van der Waals surface area contributed by atoms with E-state index in [1.165, 1.54) is 12.1 Å². The van der Waals surface area contributed by atoms with Gasteiger partial charge in [0.05, 0.1) is 0 Å². The minimum absolute atomic E-state index is 0.208. The molecule has 2 aromatic carbocycles. The molecule has 0 aliphatic rings. The van der Waals surface area contributed by atoms with Gasteiger partial charge in [0, 0.05) is 24.5 Å². The fraction of sp³-hybridized carbons (Fsp3) is 0.318. The number of amides is 5. The maximum atomic E-state index is 13.0. The molecule has 8 nitrogen and oxygen atoms in total. The highest BCUT2D eigenvalue weighted by atomic mass is 19.1. The van der Waals surface area contributed by atoms with E-state index in [9.17, 15) is 18.8 Å². The second-order valence-electron chi connectivity index (χ2n) is 6.85. The Morgan fingerprint density at radius 2 is 1.58 bits per heavy atom. The molecule has 0 saturated heterocycles. The number of hydrogen-bond donors (Lipinski definition) is 5. The Morgan fingerprint density at radius 1 is 0.903 bits per heavy atom. The molecule has 166 valence electrons.